The highest BCUT2D eigenvalue weighted by Gasteiger charge is 2.10. The average Bonchev–Trinajstić information content (AvgIpc) is 3.05. The van der Waals surface area contributed by atoms with Gasteiger partial charge in [0.1, 0.15) is 0 Å². The molecule has 0 amide bonds. The van der Waals surface area contributed by atoms with Gasteiger partial charge in [0.2, 0.25) is 0 Å². The van der Waals surface area contributed by atoms with Crippen LogP contribution < -0.4 is 0 Å². The SMILES string of the molecule is CCCCCCCOC(=O)CCCCCCCCCC(CCCCCCCCCC(=O)OCCC(CCCC)CCCC)N=[N+]=[N-]. The number of hydrogen-bond donors (Lipinski definition) is 0. The fourth-order valence-corrected chi connectivity index (χ4v) is 6.19. The Morgan fingerprint density at radius 1 is 0.500 bits per heavy atom. The molecular formula is C39H75N3O4. The summed E-state index contributed by atoms with van der Waals surface area (Å²) < 4.78 is 10.9. The van der Waals surface area contributed by atoms with Gasteiger partial charge in [-0.2, -0.15) is 0 Å². The first-order valence-corrected chi connectivity index (χ1v) is 19.9. The number of carbonyl (C=O) groups is 2. The molecule has 0 aliphatic rings. The molecule has 1 unspecified atom stereocenters. The maximum Gasteiger partial charge on any atom is 0.305 e. The van der Waals surface area contributed by atoms with Crippen LogP contribution in [0, 0.1) is 5.92 Å². The minimum Gasteiger partial charge on any atom is -0.466 e. The molecule has 0 fully saturated rings. The van der Waals surface area contributed by atoms with Gasteiger partial charge in [-0.3, -0.25) is 9.59 Å². The lowest BCUT2D eigenvalue weighted by Crippen LogP contribution is -2.10. The summed E-state index contributed by atoms with van der Waals surface area (Å²) in [6, 6.07) is 0.127. The zero-order valence-electron chi connectivity index (χ0n) is 30.8. The maximum absolute atomic E-state index is 12.1. The van der Waals surface area contributed by atoms with Crippen molar-refractivity contribution in [2.24, 2.45) is 11.0 Å². The van der Waals surface area contributed by atoms with E-state index >= 15 is 0 Å². The van der Waals surface area contributed by atoms with Crippen LogP contribution in [-0.2, 0) is 19.1 Å². The van der Waals surface area contributed by atoms with Gasteiger partial charge >= 0.3 is 11.9 Å². The van der Waals surface area contributed by atoms with Crippen LogP contribution in [0.15, 0.2) is 5.11 Å². The third kappa shape index (κ3) is 32.2. The molecule has 0 saturated carbocycles. The van der Waals surface area contributed by atoms with Crippen LogP contribution >= 0.6 is 0 Å². The van der Waals surface area contributed by atoms with Gasteiger partial charge < -0.3 is 9.47 Å². The van der Waals surface area contributed by atoms with E-state index in [4.69, 9.17) is 15.0 Å². The quantitative estimate of drug-likeness (QED) is 0.0221. The summed E-state index contributed by atoms with van der Waals surface area (Å²) in [7, 11) is 0. The first kappa shape index (κ1) is 44.2. The number of unbranched alkanes of at least 4 members (excludes halogenated alkanes) is 18. The number of carbonyl (C=O) groups excluding carboxylic acids is 2. The van der Waals surface area contributed by atoms with Crippen molar-refractivity contribution in [3.8, 4) is 0 Å². The lowest BCUT2D eigenvalue weighted by atomic mass is 9.93. The Labute approximate surface area is 284 Å². The van der Waals surface area contributed by atoms with Crippen LogP contribution in [0.4, 0.5) is 0 Å². The van der Waals surface area contributed by atoms with E-state index in [2.05, 4.69) is 30.8 Å². The topological polar surface area (TPSA) is 101 Å². The van der Waals surface area contributed by atoms with Crippen molar-refractivity contribution < 1.29 is 19.1 Å². The molecule has 0 spiro atoms. The number of esters is 2. The Bertz CT molecular complexity index is 718. The van der Waals surface area contributed by atoms with Crippen molar-refractivity contribution >= 4 is 11.9 Å². The number of nitrogens with zero attached hydrogens (tertiary/aromatic N) is 3. The molecule has 0 radical (unpaired) electrons. The second-order valence-electron chi connectivity index (χ2n) is 13.7. The standard InChI is InChI=1S/C39H75N3O4/c1-4-7-10-21-26-34-45-38(43)31-24-19-15-11-13-17-22-29-37(41-42-40)30-23-18-14-12-16-20-25-32-39(44)46-35-33-36(27-8-5-2)28-9-6-3/h36-37H,4-35H2,1-3H3. The normalized spacial score (nSPS) is 11.8. The summed E-state index contributed by atoms with van der Waals surface area (Å²) in [4.78, 5) is 27.0. The Hall–Kier alpha value is -1.75. The summed E-state index contributed by atoms with van der Waals surface area (Å²) in [6.07, 6.45) is 33.4. The number of rotatable bonds is 36. The van der Waals surface area contributed by atoms with Gasteiger partial charge in [0, 0.05) is 23.8 Å². The van der Waals surface area contributed by atoms with E-state index in [-0.39, 0.29) is 18.0 Å². The minimum atomic E-state index is -0.0345. The molecule has 1 atom stereocenters. The molecule has 0 aromatic carbocycles. The third-order valence-corrected chi connectivity index (χ3v) is 9.28. The second-order valence-corrected chi connectivity index (χ2v) is 13.7. The van der Waals surface area contributed by atoms with E-state index in [1.165, 1.54) is 109 Å². The molecule has 46 heavy (non-hydrogen) atoms. The van der Waals surface area contributed by atoms with Crippen molar-refractivity contribution in [3.63, 3.8) is 0 Å². The summed E-state index contributed by atoms with van der Waals surface area (Å²) in [5, 5.41) is 4.06. The van der Waals surface area contributed by atoms with Gasteiger partial charge in [0.15, 0.2) is 0 Å². The van der Waals surface area contributed by atoms with Crippen LogP contribution in [0.25, 0.3) is 10.4 Å². The number of azide groups is 1. The lowest BCUT2D eigenvalue weighted by molar-refractivity contribution is -0.145. The minimum absolute atomic E-state index is 0.0219. The zero-order chi connectivity index (χ0) is 33.8. The molecule has 7 heteroatoms. The lowest BCUT2D eigenvalue weighted by Gasteiger charge is -2.16. The summed E-state index contributed by atoms with van der Waals surface area (Å²) in [5.74, 6) is 0.653. The van der Waals surface area contributed by atoms with Gasteiger partial charge in [-0.1, -0.05) is 167 Å². The van der Waals surface area contributed by atoms with E-state index in [1.54, 1.807) is 0 Å². The maximum atomic E-state index is 12.1. The first-order valence-electron chi connectivity index (χ1n) is 19.9. The highest BCUT2D eigenvalue weighted by Crippen LogP contribution is 2.21. The highest BCUT2D eigenvalue weighted by molar-refractivity contribution is 5.69. The van der Waals surface area contributed by atoms with E-state index in [1.807, 2.05) is 0 Å². The highest BCUT2D eigenvalue weighted by atomic mass is 16.5. The van der Waals surface area contributed by atoms with Crippen molar-refractivity contribution in [2.45, 2.75) is 219 Å². The Morgan fingerprint density at radius 2 is 0.913 bits per heavy atom. The van der Waals surface area contributed by atoms with Crippen LogP contribution in [-0.4, -0.2) is 31.2 Å². The van der Waals surface area contributed by atoms with Crippen LogP contribution in [0.1, 0.15) is 213 Å². The van der Waals surface area contributed by atoms with E-state index in [0.29, 0.717) is 32.0 Å². The Kier molecular flexibility index (Phi) is 34.7. The fourth-order valence-electron chi connectivity index (χ4n) is 6.19. The molecular weight excluding hydrogens is 574 g/mol. The molecule has 0 heterocycles. The number of ether oxygens (including phenoxy) is 2. The monoisotopic (exact) mass is 650 g/mol. The summed E-state index contributed by atoms with van der Waals surface area (Å²) in [5.41, 5.74) is 8.98. The second kappa shape index (κ2) is 36.1. The van der Waals surface area contributed by atoms with Crippen molar-refractivity contribution in [1.82, 2.24) is 0 Å². The van der Waals surface area contributed by atoms with E-state index in [0.717, 1.165) is 70.6 Å². The summed E-state index contributed by atoms with van der Waals surface area (Å²) >= 11 is 0. The largest absolute Gasteiger partial charge is 0.466 e. The number of hydrogen-bond acceptors (Lipinski definition) is 5. The van der Waals surface area contributed by atoms with Crippen molar-refractivity contribution in [3.05, 3.63) is 10.4 Å². The summed E-state index contributed by atoms with van der Waals surface area (Å²) in [6.45, 7) is 7.87. The smallest absolute Gasteiger partial charge is 0.305 e. The molecule has 0 aliphatic carbocycles. The van der Waals surface area contributed by atoms with Crippen molar-refractivity contribution in [1.29, 1.82) is 0 Å². The zero-order valence-corrected chi connectivity index (χ0v) is 30.8. The predicted octanol–water partition coefficient (Wildman–Crippen LogP) is 13.1. The molecule has 0 bridgehead atoms. The first-order chi connectivity index (χ1) is 22.6. The Balaban J connectivity index is 3.64. The molecule has 0 aromatic rings. The van der Waals surface area contributed by atoms with Crippen LogP contribution in [0.2, 0.25) is 0 Å². The molecule has 0 N–H and O–H groups in total. The molecule has 0 rings (SSSR count). The van der Waals surface area contributed by atoms with E-state index < -0.39 is 0 Å². The Morgan fingerprint density at radius 3 is 1.39 bits per heavy atom. The predicted molar refractivity (Wildman–Crippen MR) is 194 cm³/mol. The van der Waals surface area contributed by atoms with Crippen LogP contribution in [0.3, 0.4) is 0 Å². The molecule has 0 aliphatic heterocycles. The molecule has 0 aromatic heterocycles. The van der Waals surface area contributed by atoms with Gasteiger partial charge in [0.05, 0.1) is 13.2 Å². The van der Waals surface area contributed by atoms with Crippen molar-refractivity contribution in [2.75, 3.05) is 13.2 Å². The van der Waals surface area contributed by atoms with Gasteiger partial charge in [0.25, 0.3) is 0 Å². The average molecular weight is 650 g/mol. The van der Waals surface area contributed by atoms with Crippen LogP contribution in [0.5, 0.6) is 0 Å². The van der Waals surface area contributed by atoms with Gasteiger partial charge in [-0.05, 0) is 50.0 Å². The fraction of sp³-hybridized carbons (Fsp3) is 0.949. The molecule has 270 valence electrons. The molecule has 0 saturated heterocycles. The molecule has 7 nitrogen and oxygen atoms in total. The van der Waals surface area contributed by atoms with E-state index in [9.17, 15) is 9.59 Å². The third-order valence-electron chi connectivity index (χ3n) is 9.28. The van der Waals surface area contributed by atoms with Gasteiger partial charge in [-0.15, -0.1) is 0 Å². The van der Waals surface area contributed by atoms with Gasteiger partial charge in [-0.25, -0.2) is 0 Å².